The lowest BCUT2D eigenvalue weighted by atomic mass is 10.1. The highest BCUT2D eigenvalue weighted by molar-refractivity contribution is 5.94. The van der Waals surface area contributed by atoms with Crippen LogP contribution in [0, 0.1) is 0 Å². The Morgan fingerprint density at radius 3 is 2.88 bits per heavy atom. The third-order valence-electron chi connectivity index (χ3n) is 3.98. The summed E-state index contributed by atoms with van der Waals surface area (Å²) in [7, 11) is 0. The van der Waals surface area contributed by atoms with Crippen LogP contribution in [0.2, 0.25) is 0 Å². The highest BCUT2D eigenvalue weighted by atomic mass is 16.6. The Hall–Kier alpha value is -2.16. The van der Waals surface area contributed by atoms with Crippen molar-refractivity contribution in [2.45, 2.75) is 31.3 Å². The molecule has 0 aromatic heterocycles. The van der Waals surface area contributed by atoms with Crippen LogP contribution in [0.3, 0.4) is 0 Å². The summed E-state index contributed by atoms with van der Waals surface area (Å²) in [5, 5.41) is 15.1. The summed E-state index contributed by atoms with van der Waals surface area (Å²) in [4.78, 5) is 23.8. The summed E-state index contributed by atoms with van der Waals surface area (Å²) >= 11 is 0. The molecule has 2 amide bonds. The maximum absolute atomic E-state index is 12.1. The van der Waals surface area contributed by atoms with Gasteiger partial charge < -0.3 is 30.0 Å². The number of carbonyl (C=O) groups is 2. The molecule has 0 spiro atoms. The minimum atomic E-state index is -0.661. The van der Waals surface area contributed by atoms with Gasteiger partial charge >= 0.3 is 12.0 Å². The molecule has 24 heavy (non-hydrogen) atoms. The summed E-state index contributed by atoms with van der Waals surface area (Å²) in [5.74, 6) is -0.443. The fraction of sp³-hybridized carbons (Fsp3) is 0.500. The first-order valence-electron chi connectivity index (χ1n) is 7.84. The molecule has 1 aromatic carbocycles. The molecular formula is C16H20N2O6. The minimum absolute atomic E-state index is 0.205. The van der Waals surface area contributed by atoms with Gasteiger partial charge in [-0.05, 0) is 25.1 Å². The second-order valence-electron chi connectivity index (χ2n) is 5.67. The summed E-state index contributed by atoms with van der Waals surface area (Å²) in [5.41, 5.74) is 0.835. The second-order valence-corrected chi connectivity index (χ2v) is 5.67. The number of aliphatic hydroxyl groups is 1. The van der Waals surface area contributed by atoms with Gasteiger partial charge in [-0.25, -0.2) is 9.59 Å². The Balaban J connectivity index is 1.57. The molecule has 0 radical (unpaired) electrons. The van der Waals surface area contributed by atoms with Crippen molar-refractivity contribution < 1.29 is 28.9 Å². The van der Waals surface area contributed by atoms with Crippen LogP contribution < -0.4 is 10.6 Å². The van der Waals surface area contributed by atoms with Crippen LogP contribution in [0.5, 0.6) is 0 Å². The number of nitrogens with one attached hydrogen (secondary N) is 2. The molecule has 3 rings (SSSR count). The zero-order valence-electron chi connectivity index (χ0n) is 13.2. The number of urea groups is 1. The van der Waals surface area contributed by atoms with Gasteiger partial charge in [-0.15, -0.1) is 0 Å². The van der Waals surface area contributed by atoms with Gasteiger partial charge in [0.25, 0.3) is 0 Å². The van der Waals surface area contributed by atoms with Crippen molar-refractivity contribution in [3.8, 4) is 0 Å². The fourth-order valence-corrected chi connectivity index (χ4v) is 2.88. The van der Waals surface area contributed by atoms with Gasteiger partial charge in [0.2, 0.25) is 0 Å². The second kappa shape index (κ2) is 7.16. The Bertz CT molecular complexity index is 622. The summed E-state index contributed by atoms with van der Waals surface area (Å²) in [6, 6.07) is 5.72. The van der Waals surface area contributed by atoms with Gasteiger partial charge in [0.15, 0.2) is 0 Å². The predicted molar refractivity (Wildman–Crippen MR) is 83.8 cm³/mol. The van der Waals surface area contributed by atoms with E-state index >= 15 is 0 Å². The Labute approximate surface area is 139 Å². The van der Waals surface area contributed by atoms with Crippen LogP contribution in [0.1, 0.15) is 17.3 Å². The maximum atomic E-state index is 12.1. The van der Waals surface area contributed by atoms with Crippen molar-refractivity contribution in [2.75, 3.05) is 25.1 Å². The van der Waals surface area contributed by atoms with Gasteiger partial charge in [-0.2, -0.15) is 0 Å². The molecule has 3 N–H and O–H groups in total. The van der Waals surface area contributed by atoms with E-state index in [1.807, 2.05) is 0 Å². The average molecular weight is 336 g/mol. The lowest BCUT2D eigenvalue weighted by molar-refractivity contribution is 0.0180. The third-order valence-corrected chi connectivity index (χ3v) is 3.98. The molecule has 0 saturated carbocycles. The fourth-order valence-electron chi connectivity index (χ4n) is 2.88. The Morgan fingerprint density at radius 1 is 1.29 bits per heavy atom. The number of esters is 1. The normalized spacial score (nSPS) is 28.2. The van der Waals surface area contributed by atoms with Crippen LogP contribution in [0.25, 0.3) is 0 Å². The third kappa shape index (κ3) is 3.50. The first-order chi connectivity index (χ1) is 11.6. The Kier molecular flexibility index (Phi) is 4.98. The number of carbonyl (C=O) groups excluding carboxylic acids is 2. The summed E-state index contributed by atoms with van der Waals surface area (Å²) in [6.07, 6.45) is -1.41. The van der Waals surface area contributed by atoms with Crippen molar-refractivity contribution in [3.05, 3.63) is 29.8 Å². The lowest BCUT2D eigenvalue weighted by Crippen LogP contribution is -2.46. The first-order valence-corrected chi connectivity index (χ1v) is 7.84. The Morgan fingerprint density at radius 2 is 2.08 bits per heavy atom. The molecule has 8 heteroatoms. The molecule has 2 saturated heterocycles. The predicted octanol–water partition coefficient (Wildman–Crippen LogP) is 0.512. The van der Waals surface area contributed by atoms with Crippen LogP contribution in [-0.2, 0) is 14.2 Å². The molecule has 0 aliphatic carbocycles. The van der Waals surface area contributed by atoms with E-state index in [0.29, 0.717) is 11.3 Å². The van der Waals surface area contributed by atoms with E-state index in [1.54, 1.807) is 31.2 Å². The molecule has 4 atom stereocenters. The number of aliphatic hydroxyl groups excluding tert-OH is 1. The van der Waals surface area contributed by atoms with Crippen LogP contribution in [0.4, 0.5) is 10.5 Å². The molecule has 2 fully saturated rings. The van der Waals surface area contributed by atoms with E-state index in [9.17, 15) is 14.7 Å². The number of hydrogen-bond donors (Lipinski definition) is 3. The van der Waals surface area contributed by atoms with E-state index in [-0.39, 0.29) is 32.0 Å². The van der Waals surface area contributed by atoms with E-state index in [2.05, 4.69) is 10.6 Å². The topological polar surface area (TPSA) is 106 Å². The number of rotatable bonds is 4. The van der Waals surface area contributed by atoms with Gasteiger partial charge in [-0.1, -0.05) is 6.07 Å². The number of anilines is 1. The van der Waals surface area contributed by atoms with Crippen molar-refractivity contribution in [3.63, 3.8) is 0 Å². The van der Waals surface area contributed by atoms with Crippen molar-refractivity contribution >= 4 is 17.7 Å². The SMILES string of the molecule is CCOC(=O)c1cccc(NC(=O)N[C@H]2CO[C@H]3[C@@H]2OC[C@H]3O)c1. The van der Waals surface area contributed by atoms with Crippen LogP contribution >= 0.6 is 0 Å². The molecule has 8 nitrogen and oxygen atoms in total. The van der Waals surface area contributed by atoms with Gasteiger partial charge in [-0.3, -0.25) is 0 Å². The molecule has 0 unspecified atom stereocenters. The van der Waals surface area contributed by atoms with Crippen molar-refractivity contribution in [1.29, 1.82) is 0 Å². The molecule has 0 bridgehead atoms. The van der Waals surface area contributed by atoms with E-state index in [1.165, 1.54) is 0 Å². The monoisotopic (exact) mass is 336 g/mol. The molecule has 1 aromatic rings. The van der Waals surface area contributed by atoms with Gasteiger partial charge in [0.05, 0.1) is 31.4 Å². The number of amides is 2. The smallest absolute Gasteiger partial charge is 0.338 e. The number of benzene rings is 1. The number of hydrogen-bond acceptors (Lipinski definition) is 6. The van der Waals surface area contributed by atoms with Crippen LogP contribution in [0.15, 0.2) is 24.3 Å². The van der Waals surface area contributed by atoms with E-state index in [4.69, 9.17) is 14.2 Å². The van der Waals surface area contributed by atoms with Crippen molar-refractivity contribution in [2.24, 2.45) is 0 Å². The van der Waals surface area contributed by atoms with Crippen LogP contribution in [-0.4, -0.2) is 61.3 Å². The highest BCUT2D eigenvalue weighted by Gasteiger charge is 2.47. The molecule has 2 aliphatic heterocycles. The summed E-state index contributed by atoms with van der Waals surface area (Å²) < 4.78 is 15.8. The zero-order chi connectivity index (χ0) is 17.1. The van der Waals surface area contributed by atoms with E-state index in [0.717, 1.165) is 0 Å². The van der Waals surface area contributed by atoms with Gasteiger partial charge in [0, 0.05) is 5.69 Å². The minimum Gasteiger partial charge on any atom is -0.462 e. The van der Waals surface area contributed by atoms with E-state index < -0.39 is 24.2 Å². The molecule has 130 valence electrons. The lowest BCUT2D eigenvalue weighted by Gasteiger charge is -2.18. The quantitative estimate of drug-likeness (QED) is 0.692. The maximum Gasteiger partial charge on any atom is 0.338 e. The van der Waals surface area contributed by atoms with Gasteiger partial charge in [0.1, 0.15) is 18.3 Å². The largest absolute Gasteiger partial charge is 0.462 e. The highest BCUT2D eigenvalue weighted by Crippen LogP contribution is 2.27. The molecule has 2 heterocycles. The number of ether oxygens (including phenoxy) is 3. The standard InChI is InChI=1S/C16H20N2O6/c1-2-22-15(20)9-4-3-5-10(6-9)17-16(21)18-11-7-23-14-12(19)8-24-13(11)14/h3-6,11-14,19H,2,7-8H2,1H3,(H2,17,18,21)/t11-,12+,13+,14+/m0/s1. The summed E-state index contributed by atoms with van der Waals surface area (Å²) in [6.45, 7) is 2.50. The molecular weight excluding hydrogens is 316 g/mol. The zero-order valence-corrected chi connectivity index (χ0v) is 13.2. The molecule has 2 aliphatic rings. The van der Waals surface area contributed by atoms with Crippen molar-refractivity contribution in [1.82, 2.24) is 5.32 Å². The average Bonchev–Trinajstić information content (AvgIpc) is 3.12. The number of fused-ring (bicyclic) bond motifs is 1. The first kappa shape index (κ1) is 16.7.